The van der Waals surface area contributed by atoms with Crippen LogP contribution in [0, 0.1) is 0 Å². The van der Waals surface area contributed by atoms with Crippen LogP contribution < -0.4 is 5.73 Å². The lowest BCUT2D eigenvalue weighted by atomic mass is 10.2. The van der Waals surface area contributed by atoms with E-state index in [-0.39, 0.29) is 0 Å². The lowest BCUT2D eigenvalue weighted by Gasteiger charge is -2.26. The van der Waals surface area contributed by atoms with Crippen molar-refractivity contribution in [3.8, 4) is 0 Å². The molecule has 0 fully saturated rings. The molecular weight excluding hydrogens is 296 g/mol. The van der Waals surface area contributed by atoms with Crippen LogP contribution in [-0.2, 0) is 6.54 Å². The molecule has 0 aromatic heterocycles. The summed E-state index contributed by atoms with van der Waals surface area (Å²) in [4.78, 5) is 2.96. The van der Waals surface area contributed by atoms with E-state index in [9.17, 15) is 0 Å². The molecule has 0 aliphatic rings. The van der Waals surface area contributed by atoms with E-state index in [0.29, 0.717) is 11.0 Å². The number of rotatable bonds is 6. The first-order valence-electron chi connectivity index (χ1n) is 5.76. The highest BCUT2D eigenvalue weighted by molar-refractivity contribution is 9.10. The number of nitrogens with zero attached hydrogens (tertiary/aromatic N) is 1. The fourth-order valence-corrected chi connectivity index (χ4v) is 2.18. The van der Waals surface area contributed by atoms with Gasteiger partial charge in [-0.25, -0.2) is 0 Å². The van der Waals surface area contributed by atoms with Crippen LogP contribution in [0.5, 0.6) is 0 Å². The summed E-state index contributed by atoms with van der Waals surface area (Å²) in [5.74, 6) is 0. The van der Waals surface area contributed by atoms with Crippen LogP contribution >= 0.6 is 28.1 Å². The average Bonchev–Trinajstić information content (AvgIpc) is 2.23. The topological polar surface area (TPSA) is 29.3 Å². The van der Waals surface area contributed by atoms with E-state index < -0.39 is 0 Å². The minimum absolute atomic E-state index is 0.489. The maximum Gasteiger partial charge on any atom is 0.0740 e. The number of thiocarbonyl (C=S) groups is 1. The van der Waals surface area contributed by atoms with Gasteiger partial charge in [-0.2, -0.15) is 0 Å². The van der Waals surface area contributed by atoms with Crippen LogP contribution in [0.25, 0.3) is 0 Å². The SMILES string of the molecule is CC(C)N(CCC(N)=S)Cc1cccc(Br)c1. The van der Waals surface area contributed by atoms with Crippen LogP contribution in [0.4, 0.5) is 0 Å². The van der Waals surface area contributed by atoms with E-state index in [2.05, 4.69) is 52.9 Å². The van der Waals surface area contributed by atoms with E-state index in [0.717, 1.165) is 24.0 Å². The third-order valence-electron chi connectivity index (χ3n) is 2.65. The van der Waals surface area contributed by atoms with E-state index in [1.165, 1.54) is 5.56 Å². The first-order chi connectivity index (χ1) is 7.99. The second kappa shape index (κ2) is 7.09. The Labute approximate surface area is 117 Å². The maximum atomic E-state index is 5.56. The van der Waals surface area contributed by atoms with Crippen molar-refractivity contribution >= 4 is 33.1 Å². The molecule has 0 bridgehead atoms. The summed E-state index contributed by atoms with van der Waals surface area (Å²) in [6, 6.07) is 8.88. The molecule has 2 nitrogen and oxygen atoms in total. The molecule has 1 aromatic carbocycles. The standard InChI is InChI=1S/C13H19BrN2S/c1-10(2)16(7-6-13(15)17)9-11-4-3-5-12(14)8-11/h3-5,8,10H,6-7,9H2,1-2H3,(H2,15,17). The summed E-state index contributed by atoms with van der Waals surface area (Å²) < 4.78 is 1.12. The van der Waals surface area contributed by atoms with Gasteiger partial charge in [0.1, 0.15) is 0 Å². The summed E-state index contributed by atoms with van der Waals surface area (Å²) in [7, 11) is 0. The molecule has 0 aliphatic carbocycles. The highest BCUT2D eigenvalue weighted by Crippen LogP contribution is 2.14. The van der Waals surface area contributed by atoms with Gasteiger partial charge in [0, 0.05) is 30.0 Å². The molecule has 0 aliphatic heterocycles. The molecule has 1 rings (SSSR count). The molecule has 0 radical (unpaired) electrons. The highest BCUT2D eigenvalue weighted by Gasteiger charge is 2.10. The van der Waals surface area contributed by atoms with Gasteiger partial charge in [0.15, 0.2) is 0 Å². The molecule has 0 saturated carbocycles. The molecular formula is C13H19BrN2S. The highest BCUT2D eigenvalue weighted by atomic mass is 79.9. The van der Waals surface area contributed by atoms with Gasteiger partial charge < -0.3 is 5.73 Å². The molecule has 1 aromatic rings. The van der Waals surface area contributed by atoms with Gasteiger partial charge in [0.2, 0.25) is 0 Å². The Balaban J connectivity index is 2.63. The van der Waals surface area contributed by atoms with Crippen LogP contribution in [0.1, 0.15) is 25.8 Å². The number of nitrogens with two attached hydrogens (primary N) is 1. The van der Waals surface area contributed by atoms with Gasteiger partial charge in [-0.05, 0) is 31.5 Å². The van der Waals surface area contributed by atoms with Crippen LogP contribution in [0.2, 0.25) is 0 Å². The molecule has 0 unspecified atom stereocenters. The van der Waals surface area contributed by atoms with Gasteiger partial charge in [0.25, 0.3) is 0 Å². The lowest BCUT2D eigenvalue weighted by Crippen LogP contribution is -2.33. The number of hydrogen-bond acceptors (Lipinski definition) is 2. The fraction of sp³-hybridized carbons (Fsp3) is 0.462. The van der Waals surface area contributed by atoms with Gasteiger partial charge >= 0.3 is 0 Å². The Kier molecular flexibility index (Phi) is 6.09. The molecule has 0 atom stereocenters. The molecule has 4 heteroatoms. The van der Waals surface area contributed by atoms with E-state index in [1.807, 2.05) is 6.07 Å². The zero-order valence-corrected chi connectivity index (χ0v) is 12.7. The Morgan fingerprint density at radius 1 is 1.47 bits per heavy atom. The van der Waals surface area contributed by atoms with Gasteiger partial charge in [-0.15, -0.1) is 0 Å². The molecule has 94 valence electrons. The van der Waals surface area contributed by atoms with Crippen molar-refractivity contribution in [2.24, 2.45) is 5.73 Å². The smallest absolute Gasteiger partial charge is 0.0740 e. The largest absolute Gasteiger partial charge is 0.393 e. The van der Waals surface area contributed by atoms with Crippen molar-refractivity contribution in [1.82, 2.24) is 4.90 Å². The van der Waals surface area contributed by atoms with Crippen molar-refractivity contribution in [2.45, 2.75) is 32.9 Å². The monoisotopic (exact) mass is 314 g/mol. The summed E-state index contributed by atoms with van der Waals surface area (Å²) in [5, 5.41) is 0. The average molecular weight is 315 g/mol. The van der Waals surface area contributed by atoms with E-state index in [4.69, 9.17) is 18.0 Å². The van der Waals surface area contributed by atoms with E-state index >= 15 is 0 Å². The Morgan fingerprint density at radius 2 is 2.18 bits per heavy atom. The first kappa shape index (κ1) is 14.6. The van der Waals surface area contributed by atoms with Crippen LogP contribution in [-0.4, -0.2) is 22.5 Å². The summed E-state index contributed by atoms with van der Waals surface area (Å²) in [6.45, 7) is 6.23. The Hall–Kier alpha value is -0.450. The molecule has 0 spiro atoms. The predicted molar refractivity (Wildman–Crippen MR) is 81.1 cm³/mol. The number of hydrogen-bond donors (Lipinski definition) is 1. The lowest BCUT2D eigenvalue weighted by molar-refractivity contribution is 0.219. The van der Waals surface area contributed by atoms with Crippen LogP contribution in [0.3, 0.4) is 0 Å². The van der Waals surface area contributed by atoms with Crippen molar-refractivity contribution in [3.05, 3.63) is 34.3 Å². The Morgan fingerprint density at radius 3 is 2.71 bits per heavy atom. The third kappa shape index (κ3) is 5.61. The molecule has 0 amide bonds. The van der Waals surface area contributed by atoms with Crippen molar-refractivity contribution < 1.29 is 0 Å². The van der Waals surface area contributed by atoms with Crippen molar-refractivity contribution in [2.75, 3.05) is 6.54 Å². The minimum atomic E-state index is 0.489. The third-order valence-corrected chi connectivity index (χ3v) is 3.35. The summed E-state index contributed by atoms with van der Waals surface area (Å²) >= 11 is 8.42. The molecule has 2 N–H and O–H groups in total. The fourth-order valence-electron chi connectivity index (χ4n) is 1.64. The summed E-state index contributed by atoms with van der Waals surface area (Å²) in [6.07, 6.45) is 0.779. The quantitative estimate of drug-likeness (QED) is 0.817. The van der Waals surface area contributed by atoms with E-state index in [1.54, 1.807) is 0 Å². The maximum absolute atomic E-state index is 5.56. The second-order valence-corrected chi connectivity index (χ2v) is 5.85. The molecule has 17 heavy (non-hydrogen) atoms. The zero-order valence-electron chi connectivity index (χ0n) is 10.3. The Bertz CT molecular complexity index is 379. The van der Waals surface area contributed by atoms with Gasteiger partial charge in [-0.1, -0.05) is 40.3 Å². The number of halogens is 1. The summed E-state index contributed by atoms with van der Waals surface area (Å²) in [5.41, 5.74) is 6.86. The predicted octanol–water partition coefficient (Wildman–Crippen LogP) is 3.34. The van der Waals surface area contributed by atoms with Crippen molar-refractivity contribution in [1.29, 1.82) is 0 Å². The normalized spacial score (nSPS) is 11.1. The molecule has 0 saturated heterocycles. The second-order valence-electron chi connectivity index (χ2n) is 4.41. The van der Waals surface area contributed by atoms with Gasteiger partial charge in [0.05, 0.1) is 4.99 Å². The van der Waals surface area contributed by atoms with Crippen molar-refractivity contribution in [3.63, 3.8) is 0 Å². The van der Waals surface area contributed by atoms with Gasteiger partial charge in [-0.3, -0.25) is 4.90 Å². The zero-order chi connectivity index (χ0) is 12.8. The number of benzene rings is 1. The van der Waals surface area contributed by atoms with Crippen LogP contribution in [0.15, 0.2) is 28.7 Å². The minimum Gasteiger partial charge on any atom is -0.393 e. The first-order valence-corrected chi connectivity index (χ1v) is 6.96. The molecule has 0 heterocycles.